The molecule has 0 aliphatic rings. The lowest BCUT2D eigenvalue weighted by molar-refractivity contribution is 0.0938. The number of H-pyrrole nitrogens is 1. The summed E-state index contributed by atoms with van der Waals surface area (Å²) in [7, 11) is 0. The average molecular weight is 455 g/mol. The highest BCUT2D eigenvalue weighted by Crippen LogP contribution is 2.31. The first-order valence-electron chi connectivity index (χ1n) is 11.0. The summed E-state index contributed by atoms with van der Waals surface area (Å²) >= 11 is 0. The predicted molar refractivity (Wildman–Crippen MR) is 128 cm³/mol. The molecule has 7 nitrogen and oxygen atoms in total. The monoisotopic (exact) mass is 455 g/mol. The molecule has 2 N–H and O–H groups in total. The van der Waals surface area contributed by atoms with Gasteiger partial charge in [-0.05, 0) is 62.4 Å². The van der Waals surface area contributed by atoms with Crippen molar-refractivity contribution in [3.63, 3.8) is 0 Å². The second-order valence-corrected chi connectivity index (χ2v) is 7.89. The number of fused-ring (bicyclic) bond motifs is 2. The Kier molecular flexibility index (Phi) is 5.63. The van der Waals surface area contributed by atoms with E-state index in [1.54, 1.807) is 36.7 Å². The van der Waals surface area contributed by atoms with Crippen molar-refractivity contribution in [2.24, 2.45) is 0 Å². The Hall–Kier alpha value is -4.33. The Balaban J connectivity index is 1.46. The SMILES string of the molecule is CCOc1cc(-c2ccc(F)cc2)nc2cc(C(=O)N[C@@H](C)c3nc4cnccc4[nH]3)ccc12. The first-order valence-corrected chi connectivity index (χ1v) is 11.0. The molecule has 1 amide bonds. The Morgan fingerprint density at radius 2 is 1.91 bits per heavy atom. The van der Waals surface area contributed by atoms with E-state index in [9.17, 15) is 9.18 Å². The number of nitrogens with one attached hydrogen (secondary N) is 2. The number of hydrogen-bond donors (Lipinski definition) is 2. The Labute approximate surface area is 195 Å². The van der Waals surface area contributed by atoms with E-state index in [1.807, 2.05) is 32.0 Å². The molecule has 0 bridgehead atoms. The van der Waals surface area contributed by atoms with Gasteiger partial charge in [0.2, 0.25) is 0 Å². The maximum absolute atomic E-state index is 13.4. The molecule has 0 radical (unpaired) electrons. The van der Waals surface area contributed by atoms with Gasteiger partial charge in [-0.1, -0.05) is 0 Å². The molecule has 34 heavy (non-hydrogen) atoms. The summed E-state index contributed by atoms with van der Waals surface area (Å²) in [5, 5.41) is 3.77. The second kappa shape index (κ2) is 8.90. The number of aromatic nitrogens is 4. The van der Waals surface area contributed by atoms with Crippen LogP contribution in [0.15, 0.2) is 67.0 Å². The molecule has 0 aliphatic carbocycles. The van der Waals surface area contributed by atoms with Gasteiger partial charge in [-0.25, -0.2) is 14.4 Å². The molecule has 0 spiro atoms. The van der Waals surface area contributed by atoms with Crippen LogP contribution in [-0.2, 0) is 0 Å². The van der Waals surface area contributed by atoms with Crippen molar-refractivity contribution in [2.45, 2.75) is 19.9 Å². The van der Waals surface area contributed by atoms with Gasteiger partial charge < -0.3 is 15.0 Å². The number of pyridine rings is 2. The minimum Gasteiger partial charge on any atom is -0.493 e. The van der Waals surface area contributed by atoms with Crippen LogP contribution in [0.1, 0.15) is 36.1 Å². The largest absolute Gasteiger partial charge is 0.493 e. The number of aromatic amines is 1. The fourth-order valence-electron chi connectivity index (χ4n) is 3.81. The highest BCUT2D eigenvalue weighted by molar-refractivity contribution is 5.99. The van der Waals surface area contributed by atoms with E-state index < -0.39 is 0 Å². The lowest BCUT2D eigenvalue weighted by atomic mass is 10.1. The van der Waals surface area contributed by atoms with E-state index in [2.05, 4.69) is 20.3 Å². The smallest absolute Gasteiger partial charge is 0.251 e. The van der Waals surface area contributed by atoms with Gasteiger partial charge in [-0.3, -0.25) is 9.78 Å². The van der Waals surface area contributed by atoms with Gasteiger partial charge in [0.25, 0.3) is 5.91 Å². The van der Waals surface area contributed by atoms with Crippen LogP contribution in [0.2, 0.25) is 0 Å². The molecule has 0 saturated carbocycles. The van der Waals surface area contributed by atoms with Crippen molar-refractivity contribution in [1.82, 2.24) is 25.3 Å². The van der Waals surface area contributed by atoms with Crippen LogP contribution in [0.3, 0.4) is 0 Å². The predicted octanol–water partition coefficient (Wildman–Crippen LogP) is 5.20. The third-order valence-corrected chi connectivity index (χ3v) is 5.54. The van der Waals surface area contributed by atoms with Crippen LogP contribution >= 0.6 is 0 Å². The summed E-state index contributed by atoms with van der Waals surface area (Å²) in [5.74, 6) is 0.735. The number of amides is 1. The highest BCUT2D eigenvalue weighted by Gasteiger charge is 2.17. The number of carbonyl (C=O) groups is 1. The van der Waals surface area contributed by atoms with E-state index in [0.29, 0.717) is 35.0 Å². The molecular weight excluding hydrogens is 433 g/mol. The van der Waals surface area contributed by atoms with E-state index >= 15 is 0 Å². The average Bonchev–Trinajstić information content (AvgIpc) is 3.29. The number of ether oxygens (including phenoxy) is 1. The van der Waals surface area contributed by atoms with Gasteiger partial charge in [0, 0.05) is 28.8 Å². The van der Waals surface area contributed by atoms with Crippen LogP contribution in [0.5, 0.6) is 5.75 Å². The maximum atomic E-state index is 13.4. The molecule has 1 atom stereocenters. The van der Waals surface area contributed by atoms with Crippen molar-refractivity contribution in [3.8, 4) is 17.0 Å². The van der Waals surface area contributed by atoms with Crippen molar-refractivity contribution >= 4 is 27.8 Å². The molecule has 8 heteroatoms. The second-order valence-electron chi connectivity index (χ2n) is 7.89. The molecule has 3 aromatic heterocycles. The molecule has 5 rings (SSSR count). The lowest BCUT2D eigenvalue weighted by Crippen LogP contribution is -2.27. The zero-order valence-corrected chi connectivity index (χ0v) is 18.7. The molecule has 0 saturated heterocycles. The van der Waals surface area contributed by atoms with Crippen molar-refractivity contribution in [3.05, 3.63) is 84.2 Å². The number of nitrogens with zero attached hydrogens (tertiary/aromatic N) is 3. The van der Waals surface area contributed by atoms with Gasteiger partial charge in [-0.15, -0.1) is 0 Å². The molecule has 5 aromatic rings. The standard InChI is InChI=1S/C26H22FN5O2/c1-3-34-24-13-21(16-4-7-18(27)8-5-16)30-22-12-17(6-9-19(22)24)26(33)29-15(2)25-31-20-10-11-28-14-23(20)32-25/h4-15H,3H2,1-2H3,(H,29,33)(H,31,32)/t15-/m0/s1. The third-order valence-electron chi connectivity index (χ3n) is 5.54. The summed E-state index contributed by atoms with van der Waals surface area (Å²) < 4.78 is 19.2. The van der Waals surface area contributed by atoms with Crippen LogP contribution in [0.25, 0.3) is 33.2 Å². The summed E-state index contributed by atoms with van der Waals surface area (Å²) in [6.45, 7) is 4.25. The Bertz CT molecular complexity index is 1460. The summed E-state index contributed by atoms with van der Waals surface area (Å²) in [6.07, 6.45) is 3.36. The number of benzene rings is 2. The summed E-state index contributed by atoms with van der Waals surface area (Å²) in [5.41, 5.74) is 4.07. The van der Waals surface area contributed by atoms with E-state index in [4.69, 9.17) is 9.72 Å². The lowest BCUT2D eigenvalue weighted by Gasteiger charge is -2.14. The van der Waals surface area contributed by atoms with Crippen molar-refractivity contribution < 1.29 is 13.9 Å². The van der Waals surface area contributed by atoms with Gasteiger partial charge >= 0.3 is 0 Å². The van der Waals surface area contributed by atoms with Gasteiger partial charge in [0.15, 0.2) is 0 Å². The van der Waals surface area contributed by atoms with Gasteiger partial charge in [0.1, 0.15) is 22.9 Å². The van der Waals surface area contributed by atoms with Gasteiger partial charge in [-0.2, -0.15) is 0 Å². The van der Waals surface area contributed by atoms with Crippen LogP contribution in [-0.4, -0.2) is 32.4 Å². The van der Waals surface area contributed by atoms with E-state index in [1.165, 1.54) is 12.1 Å². The zero-order chi connectivity index (χ0) is 23.7. The quantitative estimate of drug-likeness (QED) is 0.367. The van der Waals surface area contributed by atoms with Crippen molar-refractivity contribution in [2.75, 3.05) is 6.61 Å². The molecule has 3 heterocycles. The van der Waals surface area contributed by atoms with Crippen molar-refractivity contribution in [1.29, 1.82) is 0 Å². The fraction of sp³-hybridized carbons (Fsp3) is 0.154. The topological polar surface area (TPSA) is 92.8 Å². The van der Waals surface area contributed by atoms with Crippen LogP contribution in [0, 0.1) is 5.82 Å². The molecule has 0 fully saturated rings. The third kappa shape index (κ3) is 4.17. The molecule has 0 aliphatic heterocycles. The maximum Gasteiger partial charge on any atom is 0.251 e. The number of imidazole rings is 1. The van der Waals surface area contributed by atoms with Crippen LogP contribution < -0.4 is 10.1 Å². The highest BCUT2D eigenvalue weighted by atomic mass is 19.1. The molecule has 170 valence electrons. The molecule has 0 unspecified atom stereocenters. The normalized spacial score (nSPS) is 12.1. The summed E-state index contributed by atoms with van der Waals surface area (Å²) in [6, 6.07) is 14.7. The number of hydrogen-bond acceptors (Lipinski definition) is 5. The fourth-order valence-corrected chi connectivity index (χ4v) is 3.81. The first-order chi connectivity index (χ1) is 16.5. The number of carbonyl (C=O) groups excluding carboxylic acids is 1. The van der Waals surface area contributed by atoms with E-state index in [-0.39, 0.29) is 17.8 Å². The van der Waals surface area contributed by atoms with Crippen LogP contribution in [0.4, 0.5) is 4.39 Å². The minimum absolute atomic E-state index is 0.250. The summed E-state index contributed by atoms with van der Waals surface area (Å²) in [4.78, 5) is 29.5. The first kappa shape index (κ1) is 21.5. The minimum atomic E-state index is -0.340. The zero-order valence-electron chi connectivity index (χ0n) is 18.7. The van der Waals surface area contributed by atoms with Gasteiger partial charge in [0.05, 0.1) is 35.6 Å². The molecular formula is C26H22FN5O2. The Morgan fingerprint density at radius 3 is 2.68 bits per heavy atom. The Morgan fingerprint density at radius 1 is 1.09 bits per heavy atom. The molecule has 2 aromatic carbocycles. The number of rotatable bonds is 6. The van der Waals surface area contributed by atoms with E-state index in [0.717, 1.165) is 22.0 Å². The number of halogens is 1.